The molecule has 1 amide bonds. The van der Waals surface area contributed by atoms with Crippen molar-refractivity contribution in [1.29, 1.82) is 0 Å². The van der Waals surface area contributed by atoms with Gasteiger partial charge in [-0.3, -0.25) is 24.4 Å². The normalized spacial score (nSPS) is 35.6. The van der Waals surface area contributed by atoms with Crippen LogP contribution in [0.25, 0.3) is 17.3 Å². The van der Waals surface area contributed by atoms with E-state index in [9.17, 15) is 24.3 Å². The Hall–Kier alpha value is -4.35. The van der Waals surface area contributed by atoms with Crippen molar-refractivity contribution in [3.8, 4) is 11.3 Å². The number of nitrogens with one attached hydrogen (secondary N) is 2. The van der Waals surface area contributed by atoms with Gasteiger partial charge in [0.2, 0.25) is 0 Å². The highest BCUT2D eigenvalue weighted by Crippen LogP contribution is 2.40. The van der Waals surface area contributed by atoms with Gasteiger partial charge in [-0.05, 0) is 78.8 Å². The second kappa shape index (κ2) is 19.6. The maximum atomic E-state index is 14.5. The zero-order valence-corrected chi connectivity index (χ0v) is 37.1. The quantitative estimate of drug-likeness (QED) is 0.176. The second-order valence-corrected chi connectivity index (χ2v) is 17.4. The standard InChI is InChI=1S/C44H61N5O10S/c1-11-33-44(8)37(48-42(60)59-44)26(4)34(50)24(2)22-43(7,58-41(54)47-18-12-13-29-14-16-30(17-15-29)31-23-45-19-20-46-31)38(27(5)35(51)28(6)39(53)56-33)57-40-36(52)32(49(9)10)21-25(3)55-40/h12-17,19-20,23-28,32-33,36-38,40,52H,11,18,21-22H2,1-10H3,(H,47,54)(H,48,60)/b13-12+/t24-,25-,26+,27+,28-,32+,33-,36-,37-,38?,40+,43-,44-/m1/s1. The number of amides is 1. The van der Waals surface area contributed by atoms with Crippen molar-refractivity contribution in [1.82, 2.24) is 25.5 Å². The number of aliphatic hydroxyl groups excluding tert-OH is 1. The molecule has 5 rings (SSSR count). The number of aliphatic hydroxyl groups is 1. The number of carbonyl (C=O) groups is 4. The van der Waals surface area contributed by atoms with Crippen LogP contribution in [0.4, 0.5) is 4.79 Å². The number of fused-ring (bicyclic) bond motifs is 1. The van der Waals surface area contributed by atoms with Crippen LogP contribution in [0.15, 0.2) is 48.9 Å². The summed E-state index contributed by atoms with van der Waals surface area (Å²) in [5.41, 5.74) is -0.407. The first-order valence-electron chi connectivity index (χ1n) is 20.7. The van der Waals surface area contributed by atoms with E-state index in [1.807, 2.05) is 63.2 Å². The van der Waals surface area contributed by atoms with E-state index in [1.54, 1.807) is 59.3 Å². The number of rotatable bonds is 9. The Bertz CT molecular complexity index is 1880. The predicted molar refractivity (Wildman–Crippen MR) is 227 cm³/mol. The number of hydrogen-bond donors (Lipinski definition) is 3. The van der Waals surface area contributed by atoms with Gasteiger partial charge in [-0.25, -0.2) is 4.79 Å². The maximum Gasteiger partial charge on any atom is 0.408 e. The lowest BCUT2D eigenvalue weighted by molar-refractivity contribution is -0.292. The molecule has 1 unspecified atom stereocenters. The molecule has 3 aliphatic rings. The van der Waals surface area contributed by atoms with Gasteiger partial charge in [0.1, 0.15) is 35.6 Å². The number of carbonyl (C=O) groups excluding carboxylic acids is 4. The molecule has 16 heteroatoms. The molecule has 4 heterocycles. The van der Waals surface area contributed by atoms with Crippen molar-refractivity contribution in [3.63, 3.8) is 0 Å². The predicted octanol–water partition coefficient (Wildman–Crippen LogP) is 4.89. The summed E-state index contributed by atoms with van der Waals surface area (Å²) in [5.74, 6) is -5.48. The number of benzene rings is 1. The van der Waals surface area contributed by atoms with Gasteiger partial charge in [0.05, 0.1) is 24.0 Å². The van der Waals surface area contributed by atoms with Gasteiger partial charge in [-0.15, -0.1) is 0 Å². The highest BCUT2D eigenvalue weighted by molar-refractivity contribution is 7.80. The maximum absolute atomic E-state index is 14.5. The van der Waals surface area contributed by atoms with Crippen LogP contribution in [0.3, 0.4) is 0 Å². The van der Waals surface area contributed by atoms with E-state index < -0.39 is 83.4 Å². The third kappa shape index (κ3) is 10.4. The summed E-state index contributed by atoms with van der Waals surface area (Å²) in [5, 5.41) is 17.5. The van der Waals surface area contributed by atoms with Gasteiger partial charge in [-0.2, -0.15) is 0 Å². The molecule has 328 valence electrons. The fourth-order valence-corrected chi connectivity index (χ4v) is 9.19. The van der Waals surface area contributed by atoms with Crippen LogP contribution >= 0.6 is 12.2 Å². The van der Waals surface area contributed by atoms with E-state index in [0.29, 0.717) is 12.8 Å². The lowest BCUT2D eigenvalue weighted by atomic mass is 9.73. The summed E-state index contributed by atoms with van der Waals surface area (Å²) >= 11 is 5.42. The van der Waals surface area contributed by atoms with Crippen LogP contribution in [0.2, 0.25) is 0 Å². The Labute approximate surface area is 358 Å². The molecule has 0 saturated carbocycles. The van der Waals surface area contributed by atoms with E-state index in [0.717, 1.165) is 16.8 Å². The highest BCUT2D eigenvalue weighted by Gasteiger charge is 2.57. The Kier molecular flexibility index (Phi) is 15.2. The molecule has 1 aromatic carbocycles. The SMILES string of the molecule is CC[C@H]1OC(=O)[C@H](C)C(=O)[C@H](C)C(O[C@@H]2O[C@H](C)C[C@H](N(C)C)[C@H]2O)[C@](C)(OC(=O)NC/C=C/c2ccc(-c3cnccn3)cc2)C[C@@H](C)C(=O)[C@H](C)[C@H]2NC(=S)O[C@@]21C. The lowest BCUT2D eigenvalue weighted by Gasteiger charge is -2.47. The van der Waals surface area contributed by atoms with E-state index in [-0.39, 0.29) is 36.1 Å². The van der Waals surface area contributed by atoms with Gasteiger partial charge < -0.3 is 44.3 Å². The summed E-state index contributed by atoms with van der Waals surface area (Å²) in [6.45, 7) is 13.6. The van der Waals surface area contributed by atoms with Crippen LogP contribution in [0, 0.1) is 23.7 Å². The second-order valence-electron chi connectivity index (χ2n) is 17.1. The van der Waals surface area contributed by atoms with Gasteiger partial charge in [0.25, 0.3) is 5.17 Å². The molecule has 0 bridgehead atoms. The minimum Gasteiger partial charge on any atom is -0.459 e. The van der Waals surface area contributed by atoms with Crippen molar-refractivity contribution in [2.24, 2.45) is 23.7 Å². The Balaban J connectivity index is 1.48. The molecule has 60 heavy (non-hydrogen) atoms. The number of aromatic nitrogens is 2. The first-order valence-corrected chi connectivity index (χ1v) is 21.1. The average molecular weight is 852 g/mol. The molecule has 3 aliphatic heterocycles. The molecule has 15 nitrogen and oxygen atoms in total. The lowest BCUT2D eigenvalue weighted by Crippen LogP contribution is -2.60. The number of nitrogens with zero attached hydrogens (tertiary/aromatic N) is 3. The van der Waals surface area contributed by atoms with Crippen LogP contribution < -0.4 is 10.6 Å². The van der Waals surface area contributed by atoms with Crippen molar-refractivity contribution in [3.05, 3.63) is 54.5 Å². The minimum atomic E-state index is -1.71. The van der Waals surface area contributed by atoms with Gasteiger partial charge >= 0.3 is 12.1 Å². The first kappa shape index (κ1) is 46.7. The largest absolute Gasteiger partial charge is 0.459 e. The molecule has 3 fully saturated rings. The molecule has 0 radical (unpaired) electrons. The monoisotopic (exact) mass is 851 g/mol. The van der Waals surface area contributed by atoms with Gasteiger partial charge in [0.15, 0.2) is 17.7 Å². The van der Waals surface area contributed by atoms with E-state index in [1.165, 1.54) is 6.92 Å². The smallest absolute Gasteiger partial charge is 0.408 e. The molecule has 0 spiro atoms. The summed E-state index contributed by atoms with van der Waals surface area (Å²) in [4.78, 5) is 67.0. The van der Waals surface area contributed by atoms with Gasteiger partial charge in [-0.1, -0.05) is 64.1 Å². The van der Waals surface area contributed by atoms with Crippen LogP contribution in [-0.4, -0.2) is 123 Å². The topological polar surface area (TPSA) is 188 Å². The van der Waals surface area contributed by atoms with Crippen LogP contribution in [0.1, 0.15) is 80.2 Å². The molecule has 3 N–H and O–H groups in total. The van der Waals surface area contributed by atoms with Crippen LogP contribution in [-0.2, 0) is 38.1 Å². The van der Waals surface area contributed by atoms with Crippen molar-refractivity contribution >= 4 is 47.1 Å². The fourth-order valence-electron chi connectivity index (χ4n) is 8.88. The highest BCUT2D eigenvalue weighted by atomic mass is 32.1. The number of likely N-dealkylation sites (N-methyl/N-ethyl adjacent to an activating group) is 1. The molecule has 1 aromatic heterocycles. The van der Waals surface area contributed by atoms with Crippen molar-refractivity contribution in [2.75, 3.05) is 20.6 Å². The zero-order chi connectivity index (χ0) is 44.1. The molecule has 0 aliphatic carbocycles. The van der Waals surface area contributed by atoms with E-state index >= 15 is 0 Å². The third-order valence-electron chi connectivity index (χ3n) is 12.2. The minimum absolute atomic E-state index is 0.0640. The number of ketones is 2. The van der Waals surface area contributed by atoms with E-state index in [4.69, 9.17) is 35.9 Å². The zero-order valence-electron chi connectivity index (χ0n) is 36.2. The number of ether oxygens (including phenoxy) is 5. The molecule has 3 saturated heterocycles. The Morgan fingerprint density at radius 3 is 2.40 bits per heavy atom. The van der Waals surface area contributed by atoms with E-state index in [2.05, 4.69) is 20.6 Å². The van der Waals surface area contributed by atoms with Crippen molar-refractivity contribution in [2.45, 2.75) is 129 Å². The molecule has 13 atom stereocenters. The Morgan fingerprint density at radius 2 is 1.77 bits per heavy atom. The average Bonchev–Trinajstić information content (AvgIpc) is 3.53. The number of esters is 1. The summed E-state index contributed by atoms with van der Waals surface area (Å²) in [6, 6.07) is 6.62. The summed E-state index contributed by atoms with van der Waals surface area (Å²) < 4.78 is 31.2. The number of Topliss-reactive ketones (excluding diaryl/α,β-unsaturated/α-hetero) is 2. The van der Waals surface area contributed by atoms with Crippen LogP contribution in [0.5, 0.6) is 0 Å². The first-order chi connectivity index (χ1) is 28.3. The van der Waals surface area contributed by atoms with Crippen molar-refractivity contribution < 1.29 is 48.0 Å². The molecule has 2 aromatic rings. The Morgan fingerprint density at radius 1 is 1.07 bits per heavy atom. The summed E-state index contributed by atoms with van der Waals surface area (Å²) in [6.07, 6.45) is 3.47. The van der Waals surface area contributed by atoms with Gasteiger partial charge in [0, 0.05) is 48.3 Å². The molecular formula is C44H61N5O10S. The number of alkyl carbamates (subject to hydrolysis) is 1. The third-order valence-corrected chi connectivity index (χ3v) is 12.4. The summed E-state index contributed by atoms with van der Waals surface area (Å²) in [7, 11) is 3.68. The number of thiocarbonyl (C=S) groups is 1. The fraction of sp³-hybridized carbons (Fsp3) is 0.614. The number of cyclic esters (lactones) is 1. The number of hydrogen-bond acceptors (Lipinski definition) is 14. The molecular weight excluding hydrogens is 791 g/mol.